The third kappa shape index (κ3) is 8.93. The van der Waals surface area contributed by atoms with Crippen LogP contribution < -0.4 is 0 Å². The smallest absolute Gasteiger partial charge is 0.338 e. The van der Waals surface area contributed by atoms with Crippen LogP contribution in [0.3, 0.4) is 0 Å². The molecule has 0 unspecified atom stereocenters. The summed E-state index contributed by atoms with van der Waals surface area (Å²) in [6, 6.07) is 11.5. The van der Waals surface area contributed by atoms with Crippen molar-refractivity contribution in [3.8, 4) is 22.3 Å². The van der Waals surface area contributed by atoms with Crippen molar-refractivity contribution in [2.75, 3.05) is 0 Å². The zero-order valence-corrected chi connectivity index (χ0v) is 25.2. The third-order valence-electron chi connectivity index (χ3n) is 9.18. The van der Waals surface area contributed by atoms with Crippen molar-refractivity contribution in [3.05, 3.63) is 82.9 Å². The Morgan fingerprint density at radius 2 is 1.26 bits per heavy atom. The summed E-state index contributed by atoms with van der Waals surface area (Å²) in [4.78, 5) is 11.6. The SMILES string of the molecule is CCCCCCCCCCC1CCC(CCc2ccc(-c3ccc(C(=O)O)c(F)c3-c3cc(F)c(F)c(F)c3)cc2)CC1. The Morgan fingerprint density at radius 3 is 1.84 bits per heavy atom. The van der Waals surface area contributed by atoms with E-state index in [1.54, 1.807) is 0 Å². The van der Waals surface area contributed by atoms with Crippen molar-refractivity contribution in [1.82, 2.24) is 0 Å². The van der Waals surface area contributed by atoms with Gasteiger partial charge >= 0.3 is 5.97 Å². The third-order valence-corrected chi connectivity index (χ3v) is 9.18. The zero-order valence-electron chi connectivity index (χ0n) is 25.2. The van der Waals surface area contributed by atoms with Crippen molar-refractivity contribution >= 4 is 5.97 Å². The molecular formula is C37H44F4O2. The number of aryl methyl sites for hydroxylation is 1. The quantitative estimate of drug-likeness (QED) is 0.108. The van der Waals surface area contributed by atoms with E-state index in [4.69, 9.17) is 0 Å². The maximum absolute atomic E-state index is 15.4. The molecule has 232 valence electrons. The van der Waals surface area contributed by atoms with E-state index in [1.165, 1.54) is 89.5 Å². The van der Waals surface area contributed by atoms with E-state index >= 15 is 4.39 Å². The first kappa shape index (κ1) is 32.8. The maximum atomic E-state index is 15.4. The first-order chi connectivity index (χ1) is 20.8. The van der Waals surface area contributed by atoms with E-state index in [9.17, 15) is 23.1 Å². The van der Waals surface area contributed by atoms with E-state index in [0.717, 1.165) is 36.3 Å². The average Bonchev–Trinajstić information content (AvgIpc) is 3.00. The second kappa shape index (κ2) is 16.1. The van der Waals surface area contributed by atoms with Gasteiger partial charge in [0.15, 0.2) is 17.5 Å². The number of unbranched alkanes of at least 4 members (excludes halogenated alkanes) is 7. The molecular weight excluding hydrogens is 552 g/mol. The van der Waals surface area contributed by atoms with Crippen molar-refractivity contribution in [2.45, 2.75) is 103 Å². The Morgan fingerprint density at radius 1 is 0.698 bits per heavy atom. The number of carboxylic acids is 1. The van der Waals surface area contributed by atoms with Crippen LogP contribution >= 0.6 is 0 Å². The molecule has 0 aromatic heterocycles. The van der Waals surface area contributed by atoms with Crippen LogP contribution in [-0.2, 0) is 6.42 Å². The standard InChI is InChI=1S/C37H44F4O2/c1-2-3-4-5-6-7-8-9-10-25-11-13-26(14-12-25)15-16-27-17-19-28(20-18-27)30-21-22-31(37(42)43)35(40)34(30)29-23-32(38)36(41)33(39)24-29/h17-26H,2-16H2,1H3,(H,42,43). The lowest BCUT2D eigenvalue weighted by molar-refractivity contribution is 0.0692. The van der Waals surface area contributed by atoms with Crippen LogP contribution in [0, 0.1) is 35.1 Å². The van der Waals surface area contributed by atoms with E-state index in [0.29, 0.717) is 17.7 Å². The molecule has 6 heteroatoms. The van der Waals surface area contributed by atoms with Crippen LogP contribution in [0.4, 0.5) is 17.6 Å². The molecule has 2 nitrogen and oxygen atoms in total. The highest BCUT2D eigenvalue weighted by molar-refractivity contribution is 5.94. The average molecular weight is 597 g/mol. The van der Waals surface area contributed by atoms with Gasteiger partial charge in [0.25, 0.3) is 0 Å². The molecule has 4 rings (SSSR count). The second-order valence-electron chi connectivity index (χ2n) is 12.3. The van der Waals surface area contributed by atoms with E-state index in [2.05, 4.69) is 6.92 Å². The normalized spacial score (nSPS) is 16.9. The van der Waals surface area contributed by atoms with Crippen molar-refractivity contribution in [1.29, 1.82) is 0 Å². The first-order valence-electron chi connectivity index (χ1n) is 16.1. The summed E-state index contributed by atoms with van der Waals surface area (Å²) >= 11 is 0. The summed E-state index contributed by atoms with van der Waals surface area (Å²) in [5.41, 5.74) is 0.805. The Hall–Kier alpha value is -3.15. The largest absolute Gasteiger partial charge is 0.478 e. The fourth-order valence-corrected chi connectivity index (χ4v) is 6.56. The number of carbonyl (C=O) groups is 1. The minimum absolute atomic E-state index is 0.269. The van der Waals surface area contributed by atoms with Crippen molar-refractivity contribution in [2.24, 2.45) is 11.8 Å². The minimum atomic E-state index is -1.67. The Bertz CT molecular complexity index is 1320. The van der Waals surface area contributed by atoms with Gasteiger partial charge in [-0.2, -0.15) is 0 Å². The monoisotopic (exact) mass is 596 g/mol. The molecule has 0 saturated heterocycles. The molecule has 1 aliphatic rings. The molecule has 0 atom stereocenters. The lowest BCUT2D eigenvalue weighted by atomic mass is 9.77. The first-order valence-corrected chi connectivity index (χ1v) is 16.1. The van der Waals surface area contributed by atoms with Crippen LogP contribution in [0.25, 0.3) is 22.3 Å². The molecule has 0 amide bonds. The van der Waals surface area contributed by atoms with Crippen LogP contribution in [-0.4, -0.2) is 11.1 Å². The fraction of sp³-hybridized carbons (Fsp3) is 0.486. The van der Waals surface area contributed by atoms with E-state index in [1.807, 2.05) is 24.3 Å². The molecule has 0 bridgehead atoms. The second-order valence-corrected chi connectivity index (χ2v) is 12.3. The number of rotatable bonds is 15. The number of halogens is 4. The molecule has 3 aromatic carbocycles. The highest BCUT2D eigenvalue weighted by Gasteiger charge is 2.23. The minimum Gasteiger partial charge on any atom is -0.478 e. The molecule has 1 fully saturated rings. The van der Waals surface area contributed by atoms with Crippen LogP contribution in [0.1, 0.15) is 113 Å². The summed E-state index contributed by atoms with van der Waals surface area (Å²) < 4.78 is 57.1. The lowest BCUT2D eigenvalue weighted by Gasteiger charge is -2.28. The predicted octanol–water partition coefficient (Wildman–Crippen LogP) is 11.5. The summed E-state index contributed by atoms with van der Waals surface area (Å²) in [7, 11) is 0. The molecule has 0 heterocycles. The fourth-order valence-electron chi connectivity index (χ4n) is 6.56. The summed E-state index contributed by atoms with van der Waals surface area (Å²) in [6.07, 6.45) is 19.6. The highest BCUT2D eigenvalue weighted by Crippen LogP contribution is 2.38. The zero-order chi connectivity index (χ0) is 30.8. The molecule has 1 N–H and O–H groups in total. The van der Waals surface area contributed by atoms with Crippen LogP contribution in [0.5, 0.6) is 0 Å². The topological polar surface area (TPSA) is 37.3 Å². The maximum Gasteiger partial charge on any atom is 0.338 e. The number of benzene rings is 3. The molecule has 43 heavy (non-hydrogen) atoms. The van der Waals surface area contributed by atoms with Gasteiger partial charge in [-0.1, -0.05) is 121 Å². The van der Waals surface area contributed by atoms with Gasteiger partial charge in [0.1, 0.15) is 5.82 Å². The molecule has 0 spiro atoms. The Balaban J connectivity index is 1.32. The molecule has 0 radical (unpaired) electrons. The van der Waals surface area contributed by atoms with Crippen molar-refractivity contribution in [3.63, 3.8) is 0 Å². The van der Waals surface area contributed by atoms with E-state index < -0.39 is 34.8 Å². The van der Waals surface area contributed by atoms with Crippen LogP contribution in [0.2, 0.25) is 0 Å². The lowest BCUT2D eigenvalue weighted by Crippen LogP contribution is -2.15. The number of hydrogen-bond acceptors (Lipinski definition) is 1. The van der Waals surface area contributed by atoms with Gasteiger partial charge in [0.05, 0.1) is 5.56 Å². The summed E-state index contributed by atoms with van der Waals surface area (Å²) in [5, 5.41) is 9.41. The number of carboxylic acid groups (broad SMARTS) is 1. The number of aromatic carboxylic acids is 1. The van der Waals surface area contributed by atoms with Gasteiger partial charge in [0.2, 0.25) is 0 Å². The van der Waals surface area contributed by atoms with Gasteiger partial charge in [-0.15, -0.1) is 0 Å². The molecule has 3 aromatic rings. The van der Waals surface area contributed by atoms with Gasteiger partial charge in [-0.25, -0.2) is 22.4 Å². The molecule has 1 aliphatic carbocycles. The van der Waals surface area contributed by atoms with Gasteiger partial charge in [-0.05, 0) is 65.1 Å². The number of hydrogen-bond donors (Lipinski definition) is 1. The molecule has 1 saturated carbocycles. The van der Waals surface area contributed by atoms with Gasteiger partial charge < -0.3 is 5.11 Å². The van der Waals surface area contributed by atoms with Crippen LogP contribution in [0.15, 0.2) is 48.5 Å². The summed E-state index contributed by atoms with van der Waals surface area (Å²) in [6.45, 7) is 2.26. The Kier molecular flexibility index (Phi) is 12.2. The molecule has 0 aliphatic heterocycles. The van der Waals surface area contributed by atoms with Gasteiger partial charge in [-0.3, -0.25) is 0 Å². The predicted molar refractivity (Wildman–Crippen MR) is 165 cm³/mol. The van der Waals surface area contributed by atoms with Crippen molar-refractivity contribution < 1.29 is 27.5 Å². The highest BCUT2D eigenvalue weighted by atomic mass is 19.2. The summed E-state index contributed by atoms with van der Waals surface area (Å²) in [5.74, 6) is -5.65. The van der Waals surface area contributed by atoms with Gasteiger partial charge in [0, 0.05) is 5.56 Å². The van der Waals surface area contributed by atoms with E-state index in [-0.39, 0.29) is 16.7 Å². The Labute approximate surface area is 253 Å².